The molecule has 0 bridgehead atoms. The van der Waals surface area contributed by atoms with Crippen LogP contribution in [0.5, 0.6) is 0 Å². The van der Waals surface area contributed by atoms with E-state index < -0.39 is 0 Å². The molecule has 1 atom stereocenters. The van der Waals surface area contributed by atoms with Gasteiger partial charge in [-0.3, -0.25) is 9.78 Å². The van der Waals surface area contributed by atoms with Gasteiger partial charge in [0.05, 0.1) is 5.92 Å². The van der Waals surface area contributed by atoms with Gasteiger partial charge < -0.3 is 5.32 Å². The zero-order valence-corrected chi connectivity index (χ0v) is 15.2. The Balaban J connectivity index is 1.66. The summed E-state index contributed by atoms with van der Waals surface area (Å²) in [5.74, 6) is 0.816. The highest BCUT2D eigenvalue weighted by Gasteiger charge is 2.18. The zero-order valence-electron chi connectivity index (χ0n) is 14.4. The van der Waals surface area contributed by atoms with Gasteiger partial charge in [0.15, 0.2) is 16.6 Å². The Labute approximate surface area is 159 Å². The van der Waals surface area contributed by atoms with E-state index in [1.165, 1.54) is 11.3 Å². The van der Waals surface area contributed by atoms with Crippen LogP contribution in [0.3, 0.4) is 0 Å². The van der Waals surface area contributed by atoms with Gasteiger partial charge in [0.25, 0.3) is 0 Å². The molecule has 0 saturated heterocycles. The predicted molar refractivity (Wildman–Crippen MR) is 102 cm³/mol. The average molecular weight is 377 g/mol. The van der Waals surface area contributed by atoms with E-state index in [2.05, 4.69) is 30.4 Å². The molecule has 27 heavy (non-hydrogen) atoms. The number of carbonyl (C=O) groups is 1. The first-order chi connectivity index (χ1) is 13.2. The summed E-state index contributed by atoms with van der Waals surface area (Å²) in [4.78, 5) is 29.9. The maximum Gasteiger partial charge on any atom is 0.232 e. The molecule has 0 aromatic carbocycles. The minimum Gasteiger partial charge on any atom is -0.310 e. The van der Waals surface area contributed by atoms with Crippen molar-refractivity contribution in [1.29, 1.82) is 0 Å². The van der Waals surface area contributed by atoms with Crippen LogP contribution in [0.2, 0.25) is 0 Å². The van der Waals surface area contributed by atoms with E-state index in [0.717, 1.165) is 5.56 Å². The first kappa shape index (κ1) is 17.0. The van der Waals surface area contributed by atoms with Crippen LogP contribution in [0.25, 0.3) is 16.6 Å². The van der Waals surface area contributed by atoms with E-state index >= 15 is 0 Å². The molecule has 4 aromatic rings. The summed E-state index contributed by atoms with van der Waals surface area (Å²) in [7, 11) is 0. The lowest BCUT2D eigenvalue weighted by molar-refractivity contribution is -0.117. The molecule has 1 amide bonds. The fourth-order valence-corrected chi connectivity index (χ4v) is 3.04. The summed E-state index contributed by atoms with van der Waals surface area (Å²) in [6.07, 6.45) is 8.48. The molecule has 4 heterocycles. The van der Waals surface area contributed by atoms with Crippen LogP contribution >= 0.6 is 11.3 Å². The third-order valence-electron chi connectivity index (χ3n) is 3.90. The van der Waals surface area contributed by atoms with Crippen molar-refractivity contribution >= 4 is 23.1 Å². The zero-order chi connectivity index (χ0) is 18.6. The molecule has 1 N–H and O–H groups in total. The largest absolute Gasteiger partial charge is 0.310 e. The summed E-state index contributed by atoms with van der Waals surface area (Å²) < 4.78 is 1.61. The van der Waals surface area contributed by atoms with E-state index in [1.807, 2.05) is 18.4 Å². The van der Waals surface area contributed by atoms with Crippen LogP contribution < -0.4 is 5.32 Å². The minimum absolute atomic E-state index is 0.182. The summed E-state index contributed by atoms with van der Waals surface area (Å²) in [6.45, 7) is 1.82. The van der Waals surface area contributed by atoms with Gasteiger partial charge in [-0.15, -0.1) is 11.3 Å². The third-order valence-corrected chi connectivity index (χ3v) is 4.67. The van der Waals surface area contributed by atoms with Crippen LogP contribution in [-0.4, -0.2) is 35.6 Å². The number of aromatic nitrogens is 6. The summed E-state index contributed by atoms with van der Waals surface area (Å²) in [5.41, 5.74) is 0.830. The molecule has 0 saturated carbocycles. The van der Waals surface area contributed by atoms with Gasteiger partial charge in [-0.1, -0.05) is 6.07 Å². The topological polar surface area (TPSA) is 98.5 Å². The van der Waals surface area contributed by atoms with E-state index in [4.69, 9.17) is 0 Å². The third kappa shape index (κ3) is 3.72. The summed E-state index contributed by atoms with van der Waals surface area (Å²) >= 11 is 1.43. The lowest BCUT2D eigenvalue weighted by Crippen LogP contribution is -2.20. The van der Waals surface area contributed by atoms with Crippen molar-refractivity contribution in [1.82, 2.24) is 29.7 Å². The van der Waals surface area contributed by atoms with Crippen molar-refractivity contribution in [3.8, 4) is 16.6 Å². The molecular weight excluding hydrogens is 362 g/mol. The first-order valence-electron chi connectivity index (χ1n) is 8.20. The van der Waals surface area contributed by atoms with Gasteiger partial charge in [0.1, 0.15) is 5.82 Å². The molecular formula is C18H15N7OS. The highest BCUT2D eigenvalue weighted by atomic mass is 32.1. The number of amides is 1. The monoisotopic (exact) mass is 377 g/mol. The number of nitrogens with zero attached hydrogens (tertiary/aromatic N) is 6. The Morgan fingerprint density at radius 2 is 2.15 bits per heavy atom. The molecule has 8 nitrogen and oxygen atoms in total. The summed E-state index contributed by atoms with van der Waals surface area (Å²) in [6, 6.07) is 7.15. The van der Waals surface area contributed by atoms with Crippen molar-refractivity contribution in [2.75, 3.05) is 5.32 Å². The molecule has 9 heteroatoms. The number of nitrogens with one attached hydrogen (secondary N) is 1. The Kier molecular flexibility index (Phi) is 4.67. The molecule has 134 valence electrons. The maximum atomic E-state index is 12.7. The number of carbonyl (C=O) groups excluding carboxylic acids is 1. The SMILES string of the molecule is CC(C(=O)Nc1cc(-n2cccn2)nc(-c2nccs2)n1)c1cccnc1. The molecule has 0 aliphatic rings. The number of hydrogen-bond donors (Lipinski definition) is 1. The number of anilines is 1. The Morgan fingerprint density at radius 3 is 2.85 bits per heavy atom. The van der Waals surface area contributed by atoms with E-state index in [-0.39, 0.29) is 11.8 Å². The molecule has 0 spiro atoms. The number of thiazole rings is 1. The quantitative estimate of drug-likeness (QED) is 0.574. The highest BCUT2D eigenvalue weighted by Crippen LogP contribution is 2.23. The van der Waals surface area contributed by atoms with Gasteiger partial charge >= 0.3 is 0 Å². The minimum atomic E-state index is -0.370. The number of hydrogen-bond acceptors (Lipinski definition) is 7. The van der Waals surface area contributed by atoms with Crippen LogP contribution in [0.1, 0.15) is 18.4 Å². The van der Waals surface area contributed by atoms with Crippen LogP contribution in [-0.2, 0) is 4.79 Å². The Bertz CT molecular complexity index is 981. The van der Waals surface area contributed by atoms with Gasteiger partial charge in [-0.25, -0.2) is 19.6 Å². The van der Waals surface area contributed by atoms with E-state index in [9.17, 15) is 4.79 Å². The maximum absolute atomic E-state index is 12.7. The molecule has 0 radical (unpaired) electrons. The molecule has 0 aliphatic carbocycles. The van der Waals surface area contributed by atoms with Gasteiger partial charge in [0.2, 0.25) is 5.91 Å². The number of rotatable bonds is 5. The van der Waals surface area contributed by atoms with Gasteiger partial charge in [-0.05, 0) is 24.6 Å². The van der Waals surface area contributed by atoms with E-state index in [0.29, 0.717) is 22.5 Å². The molecule has 4 aromatic heterocycles. The van der Waals surface area contributed by atoms with E-state index in [1.54, 1.807) is 53.9 Å². The highest BCUT2D eigenvalue weighted by molar-refractivity contribution is 7.13. The first-order valence-corrected chi connectivity index (χ1v) is 9.08. The second-order valence-corrected chi connectivity index (χ2v) is 6.61. The Hall–Kier alpha value is -3.46. The fourth-order valence-electron chi connectivity index (χ4n) is 2.47. The standard InChI is InChI=1S/C18H15N7OS/c1-12(13-4-2-5-19-11-13)17(26)23-14-10-15(25-8-3-6-21-25)24-16(22-14)18-20-7-9-27-18/h2-12H,1H3,(H,22,23,24,26). The average Bonchev–Trinajstić information content (AvgIpc) is 3.41. The lowest BCUT2D eigenvalue weighted by Gasteiger charge is -2.13. The van der Waals surface area contributed by atoms with Crippen LogP contribution in [0.4, 0.5) is 5.82 Å². The van der Waals surface area contributed by atoms with Gasteiger partial charge in [0, 0.05) is 42.4 Å². The van der Waals surface area contributed by atoms with Gasteiger partial charge in [-0.2, -0.15) is 5.10 Å². The normalized spacial score (nSPS) is 11.9. The van der Waals surface area contributed by atoms with Crippen molar-refractivity contribution in [2.24, 2.45) is 0 Å². The Morgan fingerprint density at radius 1 is 1.22 bits per heavy atom. The molecule has 0 fully saturated rings. The molecule has 4 rings (SSSR count). The van der Waals surface area contributed by atoms with Crippen molar-refractivity contribution in [2.45, 2.75) is 12.8 Å². The van der Waals surface area contributed by atoms with Crippen molar-refractivity contribution in [3.05, 3.63) is 66.2 Å². The smallest absolute Gasteiger partial charge is 0.232 e. The van der Waals surface area contributed by atoms with Crippen LogP contribution in [0, 0.1) is 0 Å². The molecule has 1 unspecified atom stereocenters. The second kappa shape index (κ2) is 7.42. The fraction of sp³-hybridized carbons (Fsp3) is 0.111. The van der Waals surface area contributed by atoms with Crippen molar-refractivity contribution in [3.63, 3.8) is 0 Å². The van der Waals surface area contributed by atoms with Crippen LogP contribution in [0.15, 0.2) is 60.6 Å². The molecule has 0 aliphatic heterocycles. The second-order valence-electron chi connectivity index (χ2n) is 5.72. The summed E-state index contributed by atoms with van der Waals surface area (Å²) in [5, 5.41) is 9.58. The predicted octanol–water partition coefficient (Wildman–Crippen LogP) is 2.92. The number of pyridine rings is 1. The lowest BCUT2D eigenvalue weighted by atomic mass is 10.0. The van der Waals surface area contributed by atoms with Crippen molar-refractivity contribution < 1.29 is 4.79 Å².